The molecule has 3 aromatic rings. The average molecular weight is 758 g/mol. The van der Waals surface area contributed by atoms with Crippen LogP contribution in [0.3, 0.4) is 0 Å². The number of rotatable bonds is 10. The maximum atomic E-state index is 11.2. The molecule has 20 nitrogen and oxygen atoms in total. The first-order valence-electron chi connectivity index (χ1n) is 16.4. The number of aromatic hydroxyl groups is 2. The Hall–Kier alpha value is -3.55. The molecule has 3 fully saturated rings. The maximum Gasteiger partial charge on any atom is 0.402 e. The first-order valence-corrected chi connectivity index (χ1v) is 16.4. The summed E-state index contributed by atoms with van der Waals surface area (Å²) in [6, 6.07) is 9.07. The lowest BCUT2D eigenvalue weighted by atomic mass is 9.97. The Kier molecular flexibility index (Phi) is 11.9. The zero-order chi connectivity index (χ0) is 38.3. The van der Waals surface area contributed by atoms with Crippen LogP contribution in [-0.2, 0) is 18.9 Å². The Balaban J connectivity index is 1.42. The van der Waals surface area contributed by atoms with E-state index >= 15 is 0 Å². The number of aliphatic hydroxyl groups is 11. The third kappa shape index (κ3) is 7.71. The van der Waals surface area contributed by atoms with Gasteiger partial charge in [0.15, 0.2) is 12.4 Å². The van der Waals surface area contributed by atoms with Crippen molar-refractivity contribution in [1.82, 2.24) is 0 Å². The van der Waals surface area contributed by atoms with Gasteiger partial charge in [0, 0.05) is 12.1 Å². The van der Waals surface area contributed by atoms with Gasteiger partial charge in [0.05, 0.1) is 31.5 Å². The van der Waals surface area contributed by atoms with Gasteiger partial charge in [-0.1, -0.05) is 0 Å². The van der Waals surface area contributed by atoms with E-state index in [-0.39, 0.29) is 39.5 Å². The predicted octanol–water partition coefficient (Wildman–Crippen LogP) is -4.03. The molecule has 0 bridgehead atoms. The highest BCUT2D eigenvalue weighted by Crippen LogP contribution is 2.42. The lowest BCUT2D eigenvalue weighted by molar-refractivity contribution is -0.357. The smallest absolute Gasteiger partial charge is 0.402 e. The van der Waals surface area contributed by atoms with Crippen molar-refractivity contribution < 1.29 is 99.2 Å². The van der Waals surface area contributed by atoms with E-state index in [4.69, 9.17) is 32.8 Å². The maximum absolute atomic E-state index is 11.2. The van der Waals surface area contributed by atoms with Crippen LogP contribution in [0.1, 0.15) is 0 Å². The summed E-state index contributed by atoms with van der Waals surface area (Å²) >= 11 is 0. The van der Waals surface area contributed by atoms with Crippen LogP contribution < -0.4 is 9.47 Å². The van der Waals surface area contributed by atoms with Crippen molar-refractivity contribution in [3.05, 3.63) is 42.5 Å². The number of phenols is 2. The number of fused-ring (bicyclic) bond motifs is 1. The van der Waals surface area contributed by atoms with Gasteiger partial charge in [-0.05, 0) is 24.3 Å². The summed E-state index contributed by atoms with van der Waals surface area (Å²) in [5.41, 5.74) is 0.198. The van der Waals surface area contributed by atoms with E-state index in [1.165, 1.54) is 36.4 Å². The van der Waals surface area contributed by atoms with E-state index in [1.54, 1.807) is 0 Å². The van der Waals surface area contributed by atoms with Gasteiger partial charge in [-0.15, -0.1) is 0 Å². The zero-order valence-corrected chi connectivity index (χ0v) is 27.5. The van der Waals surface area contributed by atoms with Gasteiger partial charge < -0.3 is 94.8 Å². The summed E-state index contributed by atoms with van der Waals surface area (Å²) in [5.74, 6) is -1.09. The quantitative estimate of drug-likeness (QED) is 0.0876. The van der Waals surface area contributed by atoms with Crippen molar-refractivity contribution in [1.29, 1.82) is 0 Å². The molecule has 3 saturated heterocycles. The predicted molar refractivity (Wildman–Crippen MR) is 171 cm³/mol. The SMILES string of the molecule is OC[C@H]1O[C@@H](Oc2cc(O)cc3[o+]c(-c4ccc(O)cc4)c(O[C@@H]4O[C@H](CO)[C@@H](O)[C@H](O)[C@H]4O[C@@H]4O[C@H](CO)[C@@H](O)[C@H](O)[C@H]4O)cc23)[C@H](O)[C@@H](O)[C@@H]1O. The van der Waals surface area contributed by atoms with Crippen molar-refractivity contribution in [2.75, 3.05) is 19.8 Å². The van der Waals surface area contributed by atoms with Crippen LogP contribution in [0.25, 0.3) is 22.3 Å². The number of aliphatic hydroxyl groups excluding tert-OH is 11. The number of benzene rings is 2. The molecule has 53 heavy (non-hydrogen) atoms. The number of phenolic OH excluding ortho intramolecular Hbond substituents is 2. The highest BCUT2D eigenvalue weighted by molar-refractivity contribution is 5.88. The monoisotopic (exact) mass is 757 g/mol. The molecule has 0 amide bonds. The van der Waals surface area contributed by atoms with Gasteiger partial charge in [-0.2, -0.15) is 0 Å². The average Bonchev–Trinajstić information content (AvgIpc) is 3.14. The largest absolute Gasteiger partial charge is 0.508 e. The molecule has 4 heterocycles. The highest BCUT2D eigenvalue weighted by atomic mass is 16.8. The van der Waals surface area contributed by atoms with E-state index in [9.17, 15) is 66.4 Å². The van der Waals surface area contributed by atoms with Crippen molar-refractivity contribution in [3.63, 3.8) is 0 Å². The molecular formula is C33H41O20+. The highest BCUT2D eigenvalue weighted by Gasteiger charge is 2.52. The molecule has 20 heteroatoms. The molecule has 0 saturated carbocycles. The lowest BCUT2D eigenvalue weighted by Crippen LogP contribution is -2.65. The van der Waals surface area contributed by atoms with Crippen molar-refractivity contribution in [3.8, 4) is 34.3 Å². The minimum absolute atomic E-state index is 0.0128. The van der Waals surface area contributed by atoms with Crippen LogP contribution in [-0.4, -0.2) is 178 Å². The summed E-state index contributed by atoms with van der Waals surface area (Å²) in [6.07, 6.45) is -25.9. The van der Waals surface area contributed by atoms with Gasteiger partial charge in [-0.3, -0.25) is 0 Å². The standard InChI is InChI=1S/C33H40O20/c34-8-18-21(39)24(42)27(45)31(50-18)48-16-6-13(38)5-15-14(16)7-17(29(47-15)11-1-3-12(37)4-2-11)49-33-30(26(44)23(41)20(10-36)52-33)53-32-28(46)25(43)22(40)19(9-35)51-32/h1-7,18-28,30-36,39-46H,8-10H2,(H-,37,38)/p+1/t18-,19-,20-,21-,22-,23-,24+,25+,26+,27-,28-,30-,31-,32+,33-/m1/s1. The third-order valence-corrected chi connectivity index (χ3v) is 9.23. The van der Waals surface area contributed by atoms with Crippen molar-refractivity contribution >= 4 is 11.0 Å². The number of hydrogen-bond donors (Lipinski definition) is 13. The normalized spacial score (nSPS) is 37.8. The minimum Gasteiger partial charge on any atom is -0.508 e. The Morgan fingerprint density at radius 3 is 1.62 bits per heavy atom. The first-order chi connectivity index (χ1) is 25.3. The minimum atomic E-state index is -1.94. The van der Waals surface area contributed by atoms with Crippen molar-refractivity contribution in [2.24, 2.45) is 0 Å². The van der Waals surface area contributed by atoms with Gasteiger partial charge in [0.2, 0.25) is 18.3 Å². The summed E-state index contributed by atoms with van der Waals surface area (Å²) in [7, 11) is 0. The van der Waals surface area contributed by atoms with Crippen LogP contribution in [0.4, 0.5) is 0 Å². The summed E-state index contributed by atoms with van der Waals surface area (Å²) < 4.78 is 40.6. The van der Waals surface area contributed by atoms with Gasteiger partial charge in [-0.25, -0.2) is 4.42 Å². The van der Waals surface area contributed by atoms with E-state index in [2.05, 4.69) is 0 Å². The molecule has 0 radical (unpaired) electrons. The second-order valence-electron chi connectivity index (χ2n) is 12.8. The second kappa shape index (κ2) is 16.0. The zero-order valence-electron chi connectivity index (χ0n) is 27.5. The fraction of sp³-hybridized carbons (Fsp3) is 0.545. The van der Waals surface area contributed by atoms with Gasteiger partial charge in [0.1, 0.15) is 89.8 Å². The van der Waals surface area contributed by atoms with E-state index in [0.717, 1.165) is 6.07 Å². The summed E-state index contributed by atoms with van der Waals surface area (Å²) in [4.78, 5) is 0. The van der Waals surface area contributed by atoms with E-state index in [1.807, 2.05) is 0 Å². The molecule has 1 aromatic heterocycles. The Bertz CT molecular complexity index is 1690. The van der Waals surface area contributed by atoms with Crippen molar-refractivity contribution in [2.45, 2.75) is 92.1 Å². The topological polar surface area (TPSA) is 330 Å². The first kappa shape index (κ1) is 39.2. The van der Waals surface area contributed by atoms with Gasteiger partial charge >= 0.3 is 11.3 Å². The molecule has 3 aliphatic heterocycles. The molecule has 292 valence electrons. The Morgan fingerprint density at radius 1 is 0.528 bits per heavy atom. The molecule has 2 aromatic carbocycles. The molecule has 0 unspecified atom stereocenters. The van der Waals surface area contributed by atoms with Crippen LogP contribution >= 0.6 is 0 Å². The Labute approximate surface area is 299 Å². The van der Waals surface area contributed by atoms with Crippen LogP contribution in [0, 0.1) is 0 Å². The fourth-order valence-corrected chi connectivity index (χ4v) is 6.22. The fourth-order valence-electron chi connectivity index (χ4n) is 6.22. The summed E-state index contributed by atoms with van der Waals surface area (Å²) in [5, 5.41) is 134. The molecule has 6 rings (SSSR count). The molecule has 15 atom stereocenters. The number of hydrogen-bond acceptors (Lipinski definition) is 19. The molecular weight excluding hydrogens is 716 g/mol. The second-order valence-corrected chi connectivity index (χ2v) is 12.8. The third-order valence-electron chi connectivity index (χ3n) is 9.23. The van der Waals surface area contributed by atoms with Crippen LogP contribution in [0.15, 0.2) is 46.9 Å². The van der Waals surface area contributed by atoms with Crippen LogP contribution in [0.2, 0.25) is 0 Å². The number of ether oxygens (including phenoxy) is 6. The van der Waals surface area contributed by atoms with E-state index < -0.39 is 118 Å². The molecule has 0 aliphatic carbocycles. The Morgan fingerprint density at radius 2 is 1.04 bits per heavy atom. The molecule has 13 N–H and O–H groups in total. The molecule has 3 aliphatic rings. The molecule has 0 spiro atoms. The lowest BCUT2D eigenvalue weighted by Gasteiger charge is -2.45. The van der Waals surface area contributed by atoms with E-state index in [0.29, 0.717) is 0 Å². The summed E-state index contributed by atoms with van der Waals surface area (Å²) in [6.45, 7) is -2.38. The van der Waals surface area contributed by atoms with Crippen LogP contribution in [0.5, 0.6) is 23.0 Å². The van der Waals surface area contributed by atoms with Gasteiger partial charge in [0.25, 0.3) is 0 Å².